The van der Waals surface area contributed by atoms with E-state index in [-0.39, 0.29) is 11.6 Å². The first-order chi connectivity index (χ1) is 8.59. The van der Waals surface area contributed by atoms with Gasteiger partial charge >= 0.3 is 0 Å². The van der Waals surface area contributed by atoms with Crippen molar-refractivity contribution < 1.29 is 13.2 Å². The number of nitrogens with zero attached hydrogens (tertiary/aromatic N) is 1. The SMILES string of the molecule is CC.CN1CCCC1c1cc(F)ccc1C(F)F. The molecule has 18 heavy (non-hydrogen) atoms. The average Bonchev–Trinajstić information content (AvgIpc) is 2.77. The Balaban J connectivity index is 0.000000771. The number of hydrogen-bond acceptors (Lipinski definition) is 1. The number of benzene rings is 1. The zero-order valence-electron chi connectivity index (χ0n) is 11.1. The third-order valence-corrected chi connectivity index (χ3v) is 3.16. The minimum absolute atomic E-state index is 0.0415. The lowest BCUT2D eigenvalue weighted by Crippen LogP contribution is -2.19. The van der Waals surface area contributed by atoms with E-state index in [0.717, 1.165) is 25.5 Å². The second-order valence-corrected chi connectivity index (χ2v) is 4.21. The lowest BCUT2D eigenvalue weighted by atomic mass is 9.98. The standard InChI is InChI=1S/C12H14F3N.C2H6/c1-16-6-2-3-11(16)10-7-8(13)4-5-9(10)12(14)15;1-2/h4-5,7,11-12H,2-3,6H2,1H3;1-2H3. The summed E-state index contributed by atoms with van der Waals surface area (Å²) in [4.78, 5) is 2.00. The van der Waals surface area contributed by atoms with E-state index in [9.17, 15) is 13.2 Å². The van der Waals surface area contributed by atoms with Gasteiger partial charge in [-0.3, -0.25) is 4.90 Å². The Morgan fingerprint density at radius 2 is 1.94 bits per heavy atom. The summed E-state index contributed by atoms with van der Waals surface area (Å²) in [5.41, 5.74) is 0.398. The van der Waals surface area contributed by atoms with Crippen LogP contribution in [0.25, 0.3) is 0 Å². The Kier molecular flexibility index (Phi) is 5.66. The topological polar surface area (TPSA) is 3.24 Å². The van der Waals surface area contributed by atoms with Crippen molar-refractivity contribution in [3.8, 4) is 0 Å². The van der Waals surface area contributed by atoms with Gasteiger partial charge in [0.15, 0.2) is 0 Å². The molecule has 0 spiro atoms. The monoisotopic (exact) mass is 259 g/mol. The van der Waals surface area contributed by atoms with Crippen LogP contribution in [0.4, 0.5) is 13.2 Å². The fourth-order valence-electron chi connectivity index (χ4n) is 2.34. The maximum Gasteiger partial charge on any atom is 0.264 e. The van der Waals surface area contributed by atoms with Crippen LogP contribution < -0.4 is 0 Å². The highest BCUT2D eigenvalue weighted by molar-refractivity contribution is 5.32. The summed E-state index contributed by atoms with van der Waals surface area (Å²) < 4.78 is 38.7. The fraction of sp³-hybridized carbons (Fsp3) is 0.571. The highest BCUT2D eigenvalue weighted by Crippen LogP contribution is 2.36. The van der Waals surface area contributed by atoms with E-state index in [4.69, 9.17) is 0 Å². The molecule has 1 atom stereocenters. The van der Waals surface area contributed by atoms with Crippen LogP contribution in [-0.2, 0) is 0 Å². The highest BCUT2D eigenvalue weighted by atomic mass is 19.3. The van der Waals surface area contributed by atoms with E-state index in [1.165, 1.54) is 12.1 Å². The molecule has 1 nitrogen and oxygen atoms in total. The molecular weight excluding hydrogens is 239 g/mol. The molecule has 1 aromatic rings. The third-order valence-electron chi connectivity index (χ3n) is 3.16. The van der Waals surface area contributed by atoms with Gasteiger partial charge in [-0.1, -0.05) is 19.9 Å². The molecule has 1 fully saturated rings. The van der Waals surface area contributed by atoms with Gasteiger partial charge in [-0.15, -0.1) is 0 Å². The van der Waals surface area contributed by atoms with E-state index >= 15 is 0 Å². The van der Waals surface area contributed by atoms with Gasteiger partial charge in [0.2, 0.25) is 0 Å². The minimum Gasteiger partial charge on any atom is -0.299 e. The molecule has 1 unspecified atom stereocenters. The number of alkyl halides is 2. The molecule has 2 rings (SSSR count). The van der Waals surface area contributed by atoms with Crippen LogP contribution in [0.3, 0.4) is 0 Å². The molecule has 0 aliphatic carbocycles. The Bertz CT molecular complexity index is 379. The molecular formula is C14H20F3N. The van der Waals surface area contributed by atoms with Gasteiger partial charge in [0.1, 0.15) is 5.82 Å². The van der Waals surface area contributed by atoms with Gasteiger partial charge in [0.05, 0.1) is 0 Å². The van der Waals surface area contributed by atoms with Crippen LogP contribution in [0.2, 0.25) is 0 Å². The van der Waals surface area contributed by atoms with Crippen LogP contribution in [0.1, 0.15) is 50.3 Å². The van der Waals surface area contributed by atoms with Gasteiger partial charge in [-0.25, -0.2) is 13.2 Å². The summed E-state index contributed by atoms with van der Waals surface area (Å²) in [7, 11) is 1.89. The van der Waals surface area contributed by atoms with Crippen molar-refractivity contribution in [2.45, 2.75) is 39.2 Å². The van der Waals surface area contributed by atoms with Gasteiger partial charge in [-0.05, 0) is 44.1 Å². The van der Waals surface area contributed by atoms with Crippen LogP contribution in [0.15, 0.2) is 18.2 Å². The van der Waals surface area contributed by atoms with E-state index < -0.39 is 12.2 Å². The normalized spacial score (nSPS) is 19.8. The lowest BCUT2D eigenvalue weighted by molar-refractivity contribution is 0.147. The summed E-state index contributed by atoms with van der Waals surface area (Å²) >= 11 is 0. The summed E-state index contributed by atoms with van der Waals surface area (Å²) in [6.07, 6.45) is -0.746. The van der Waals surface area contributed by atoms with Crippen molar-refractivity contribution >= 4 is 0 Å². The molecule has 1 aliphatic heterocycles. The maximum atomic E-state index is 13.1. The number of halogens is 3. The summed E-state index contributed by atoms with van der Waals surface area (Å²) in [5, 5.41) is 0. The molecule has 102 valence electrons. The first kappa shape index (κ1) is 15.0. The van der Waals surface area contributed by atoms with Crippen molar-refractivity contribution in [3.63, 3.8) is 0 Å². The predicted octanol–water partition coefficient (Wildman–Crippen LogP) is 4.56. The number of hydrogen-bond donors (Lipinski definition) is 0. The largest absolute Gasteiger partial charge is 0.299 e. The van der Waals surface area contributed by atoms with Crippen molar-refractivity contribution in [2.75, 3.05) is 13.6 Å². The zero-order chi connectivity index (χ0) is 13.7. The van der Waals surface area contributed by atoms with Crippen LogP contribution in [0.5, 0.6) is 0 Å². The van der Waals surface area contributed by atoms with Gasteiger partial charge in [0, 0.05) is 11.6 Å². The second kappa shape index (κ2) is 6.78. The Morgan fingerprint density at radius 1 is 1.28 bits per heavy atom. The van der Waals surface area contributed by atoms with Gasteiger partial charge < -0.3 is 0 Å². The van der Waals surface area contributed by atoms with Crippen LogP contribution in [-0.4, -0.2) is 18.5 Å². The van der Waals surface area contributed by atoms with E-state index in [0.29, 0.717) is 5.56 Å². The van der Waals surface area contributed by atoms with Crippen molar-refractivity contribution in [2.24, 2.45) is 0 Å². The summed E-state index contributed by atoms with van der Waals surface area (Å²) in [6, 6.07) is 3.47. The Hall–Kier alpha value is -1.03. The molecule has 1 saturated heterocycles. The fourth-order valence-corrected chi connectivity index (χ4v) is 2.34. The first-order valence-electron chi connectivity index (χ1n) is 6.37. The average molecular weight is 259 g/mol. The Labute approximate surface area is 107 Å². The van der Waals surface area contributed by atoms with Crippen LogP contribution >= 0.6 is 0 Å². The molecule has 4 heteroatoms. The second-order valence-electron chi connectivity index (χ2n) is 4.21. The molecule has 0 aromatic heterocycles. The molecule has 1 aliphatic rings. The molecule has 0 saturated carbocycles. The summed E-state index contributed by atoms with van der Waals surface area (Å²) in [6.45, 7) is 4.88. The minimum atomic E-state index is -2.54. The van der Waals surface area contributed by atoms with E-state index in [1.54, 1.807) is 0 Å². The number of likely N-dealkylation sites (tertiary alicyclic amines) is 1. The molecule has 0 bridgehead atoms. The molecule has 1 aromatic carbocycles. The predicted molar refractivity (Wildman–Crippen MR) is 67.3 cm³/mol. The van der Waals surface area contributed by atoms with Crippen LogP contribution in [0, 0.1) is 5.82 Å². The van der Waals surface area contributed by atoms with Crippen molar-refractivity contribution in [1.29, 1.82) is 0 Å². The quantitative estimate of drug-likeness (QED) is 0.752. The zero-order valence-corrected chi connectivity index (χ0v) is 11.1. The number of rotatable bonds is 2. The highest BCUT2D eigenvalue weighted by Gasteiger charge is 2.27. The van der Waals surface area contributed by atoms with Gasteiger partial charge in [-0.2, -0.15) is 0 Å². The van der Waals surface area contributed by atoms with E-state index in [1.807, 2.05) is 25.8 Å². The lowest BCUT2D eigenvalue weighted by Gasteiger charge is -2.22. The maximum absolute atomic E-state index is 13.1. The summed E-state index contributed by atoms with van der Waals surface area (Å²) in [5.74, 6) is -0.445. The molecule has 1 heterocycles. The van der Waals surface area contributed by atoms with E-state index in [2.05, 4.69) is 0 Å². The first-order valence-corrected chi connectivity index (χ1v) is 6.37. The third kappa shape index (κ3) is 3.25. The van der Waals surface area contributed by atoms with Crippen molar-refractivity contribution in [1.82, 2.24) is 4.90 Å². The smallest absolute Gasteiger partial charge is 0.264 e. The molecule has 0 amide bonds. The van der Waals surface area contributed by atoms with Crippen molar-refractivity contribution in [3.05, 3.63) is 35.1 Å². The Morgan fingerprint density at radius 3 is 2.44 bits per heavy atom. The van der Waals surface area contributed by atoms with Gasteiger partial charge in [0.25, 0.3) is 6.43 Å². The molecule has 0 radical (unpaired) electrons. The molecule has 0 N–H and O–H groups in total.